The highest BCUT2D eigenvalue weighted by Crippen LogP contribution is 2.23. The quantitative estimate of drug-likeness (QED) is 0.631. The summed E-state index contributed by atoms with van der Waals surface area (Å²) in [6, 6.07) is 10.9. The Kier molecular flexibility index (Phi) is 5.59. The number of carboxylic acid groups (broad SMARTS) is 1. The molecule has 21 heavy (non-hydrogen) atoms. The van der Waals surface area contributed by atoms with Gasteiger partial charge in [-0.05, 0) is 35.2 Å². The summed E-state index contributed by atoms with van der Waals surface area (Å²) in [6.07, 6.45) is 2.58. The van der Waals surface area contributed by atoms with E-state index in [0.717, 1.165) is 15.8 Å². The van der Waals surface area contributed by atoms with Crippen molar-refractivity contribution < 1.29 is 14.7 Å². The van der Waals surface area contributed by atoms with Gasteiger partial charge in [-0.2, -0.15) is 0 Å². The summed E-state index contributed by atoms with van der Waals surface area (Å²) in [7, 11) is 0. The molecule has 0 aliphatic heterocycles. The molecule has 1 amide bonds. The van der Waals surface area contributed by atoms with Crippen molar-refractivity contribution in [3.8, 4) is 0 Å². The molecule has 1 aromatic carbocycles. The van der Waals surface area contributed by atoms with Crippen LogP contribution >= 0.6 is 23.1 Å². The minimum Gasteiger partial charge on any atom is -0.478 e. The van der Waals surface area contributed by atoms with Crippen LogP contribution in [0.2, 0.25) is 0 Å². The average Bonchev–Trinajstić information content (AvgIpc) is 2.98. The third-order valence-electron chi connectivity index (χ3n) is 2.45. The molecule has 0 aliphatic carbocycles. The number of amides is 1. The molecule has 0 radical (unpaired) electrons. The number of hydrogen-bond acceptors (Lipinski definition) is 4. The van der Waals surface area contributed by atoms with Crippen molar-refractivity contribution in [2.24, 2.45) is 0 Å². The van der Waals surface area contributed by atoms with Crippen molar-refractivity contribution in [3.05, 3.63) is 53.4 Å². The summed E-state index contributed by atoms with van der Waals surface area (Å²) >= 11 is 3.11. The fraction of sp³-hybridized carbons (Fsp3) is 0.0667. The number of anilines is 1. The van der Waals surface area contributed by atoms with Crippen LogP contribution in [0.4, 0.5) is 5.69 Å². The Labute approximate surface area is 130 Å². The smallest absolute Gasteiger partial charge is 0.328 e. The summed E-state index contributed by atoms with van der Waals surface area (Å²) < 4.78 is 1.11. The fourth-order valence-electron chi connectivity index (χ4n) is 1.52. The van der Waals surface area contributed by atoms with Gasteiger partial charge in [0, 0.05) is 11.8 Å². The molecule has 6 heteroatoms. The van der Waals surface area contributed by atoms with Gasteiger partial charge in [0.25, 0.3) is 0 Å². The molecule has 0 saturated heterocycles. The Balaban J connectivity index is 1.85. The Morgan fingerprint density at radius 2 is 2.00 bits per heavy atom. The molecular weight excluding hydrogens is 306 g/mol. The van der Waals surface area contributed by atoms with E-state index in [-0.39, 0.29) is 5.91 Å². The van der Waals surface area contributed by atoms with Crippen LogP contribution in [0.1, 0.15) is 5.56 Å². The lowest BCUT2D eigenvalue weighted by molar-refractivity contribution is -0.131. The SMILES string of the molecule is O=C(O)/C=C/c1ccc(NC(=O)CSc2cccs2)cc1. The Bertz CT molecular complexity index is 633. The highest BCUT2D eigenvalue weighted by atomic mass is 32.2. The number of hydrogen-bond donors (Lipinski definition) is 2. The van der Waals surface area contributed by atoms with E-state index in [1.807, 2.05) is 17.5 Å². The standard InChI is InChI=1S/C15H13NO3S2/c17-13(10-21-15-2-1-9-20-15)16-12-6-3-11(4-7-12)5-8-14(18)19/h1-9H,10H2,(H,16,17)(H,18,19)/b8-5+. The van der Waals surface area contributed by atoms with Crippen molar-refractivity contribution in [1.82, 2.24) is 0 Å². The molecular formula is C15H13NO3S2. The van der Waals surface area contributed by atoms with E-state index < -0.39 is 5.97 Å². The molecule has 0 bridgehead atoms. The molecule has 0 fully saturated rings. The Morgan fingerprint density at radius 1 is 1.24 bits per heavy atom. The molecule has 2 aromatic rings. The first-order valence-corrected chi connectivity index (χ1v) is 7.97. The lowest BCUT2D eigenvalue weighted by Gasteiger charge is -2.04. The topological polar surface area (TPSA) is 66.4 Å². The summed E-state index contributed by atoms with van der Waals surface area (Å²) in [5, 5.41) is 13.3. The largest absolute Gasteiger partial charge is 0.478 e. The predicted octanol–water partition coefficient (Wildman–Crippen LogP) is 3.58. The van der Waals surface area contributed by atoms with E-state index in [0.29, 0.717) is 11.4 Å². The number of carbonyl (C=O) groups is 2. The second kappa shape index (κ2) is 7.66. The van der Waals surface area contributed by atoms with Crippen LogP contribution in [0, 0.1) is 0 Å². The van der Waals surface area contributed by atoms with Crippen LogP contribution in [-0.2, 0) is 9.59 Å². The monoisotopic (exact) mass is 319 g/mol. The fourth-order valence-corrected chi connectivity index (χ4v) is 3.11. The van der Waals surface area contributed by atoms with Crippen LogP contribution in [0.25, 0.3) is 6.08 Å². The van der Waals surface area contributed by atoms with Gasteiger partial charge in [-0.1, -0.05) is 18.2 Å². The first-order valence-electron chi connectivity index (χ1n) is 6.11. The van der Waals surface area contributed by atoms with Crippen LogP contribution in [-0.4, -0.2) is 22.7 Å². The van der Waals surface area contributed by atoms with Gasteiger partial charge in [-0.25, -0.2) is 4.79 Å². The first kappa shape index (κ1) is 15.3. The van der Waals surface area contributed by atoms with Crippen molar-refractivity contribution in [3.63, 3.8) is 0 Å². The Morgan fingerprint density at radius 3 is 2.62 bits per heavy atom. The summed E-state index contributed by atoms with van der Waals surface area (Å²) in [5.41, 5.74) is 1.46. The van der Waals surface area contributed by atoms with E-state index in [1.54, 1.807) is 35.6 Å². The minimum atomic E-state index is -0.988. The number of thioether (sulfide) groups is 1. The number of carbonyl (C=O) groups excluding carboxylic acids is 1. The zero-order valence-electron chi connectivity index (χ0n) is 11.0. The van der Waals surface area contributed by atoms with Gasteiger partial charge in [0.05, 0.1) is 9.96 Å². The van der Waals surface area contributed by atoms with Gasteiger partial charge >= 0.3 is 5.97 Å². The molecule has 0 unspecified atom stereocenters. The van der Waals surface area contributed by atoms with Crippen LogP contribution in [0.15, 0.2) is 52.1 Å². The third kappa shape index (κ3) is 5.45. The maximum Gasteiger partial charge on any atom is 0.328 e. The van der Waals surface area contributed by atoms with Crippen LogP contribution < -0.4 is 5.32 Å². The normalized spacial score (nSPS) is 10.7. The van der Waals surface area contributed by atoms with Gasteiger partial charge in [-0.15, -0.1) is 23.1 Å². The van der Waals surface area contributed by atoms with Crippen LogP contribution in [0.5, 0.6) is 0 Å². The molecule has 108 valence electrons. The van der Waals surface area contributed by atoms with E-state index >= 15 is 0 Å². The van der Waals surface area contributed by atoms with Gasteiger partial charge < -0.3 is 10.4 Å². The maximum atomic E-state index is 11.8. The van der Waals surface area contributed by atoms with Crippen molar-refractivity contribution in [1.29, 1.82) is 0 Å². The summed E-state index contributed by atoms with van der Waals surface area (Å²) in [5.74, 6) is -0.693. The van der Waals surface area contributed by atoms with Crippen LogP contribution in [0.3, 0.4) is 0 Å². The molecule has 0 saturated carbocycles. The third-order valence-corrected chi connectivity index (χ3v) is 4.58. The van der Waals surface area contributed by atoms with Crippen molar-refractivity contribution in [2.75, 3.05) is 11.1 Å². The van der Waals surface area contributed by atoms with E-state index in [2.05, 4.69) is 5.32 Å². The molecule has 1 aromatic heterocycles. The second-order valence-electron chi connectivity index (χ2n) is 4.06. The molecule has 2 rings (SSSR count). The van der Waals surface area contributed by atoms with Crippen molar-refractivity contribution in [2.45, 2.75) is 4.21 Å². The molecule has 2 N–H and O–H groups in total. The number of benzene rings is 1. The van der Waals surface area contributed by atoms with Gasteiger partial charge in [0.1, 0.15) is 0 Å². The van der Waals surface area contributed by atoms with Gasteiger partial charge in [0.2, 0.25) is 5.91 Å². The molecule has 0 spiro atoms. The highest BCUT2D eigenvalue weighted by molar-refractivity contribution is 8.01. The number of thiophene rings is 1. The van der Waals surface area contributed by atoms with Gasteiger partial charge in [0.15, 0.2) is 0 Å². The van der Waals surface area contributed by atoms with Crippen molar-refractivity contribution >= 4 is 46.7 Å². The lowest BCUT2D eigenvalue weighted by Crippen LogP contribution is -2.13. The molecule has 1 heterocycles. The van der Waals surface area contributed by atoms with E-state index in [9.17, 15) is 9.59 Å². The summed E-state index contributed by atoms with van der Waals surface area (Å²) in [6.45, 7) is 0. The first-order chi connectivity index (χ1) is 10.1. The highest BCUT2D eigenvalue weighted by Gasteiger charge is 2.04. The maximum absolute atomic E-state index is 11.8. The number of aliphatic carboxylic acids is 1. The predicted molar refractivity (Wildman–Crippen MR) is 86.8 cm³/mol. The number of rotatable bonds is 6. The van der Waals surface area contributed by atoms with E-state index in [4.69, 9.17) is 5.11 Å². The summed E-state index contributed by atoms with van der Waals surface area (Å²) in [4.78, 5) is 22.2. The Hall–Kier alpha value is -2.05. The number of carboxylic acids is 1. The average molecular weight is 319 g/mol. The van der Waals surface area contributed by atoms with Gasteiger partial charge in [-0.3, -0.25) is 4.79 Å². The second-order valence-corrected chi connectivity index (χ2v) is 6.29. The number of nitrogens with one attached hydrogen (secondary N) is 1. The minimum absolute atomic E-state index is 0.0674. The molecule has 0 aliphatic rings. The molecule has 0 atom stereocenters. The molecule has 4 nitrogen and oxygen atoms in total. The van der Waals surface area contributed by atoms with E-state index in [1.165, 1.54) is 17.8 Å². The zero-order valence-corrected chi connectivity index (χ0v) is 12.6. The lowest BCUT2D eigenvalue weighted by atomic mass is 10.2. The zero-order chi connectivity index (χ0) is 15.1.